The molecule has 1 aliphatic rings. The van der Waals surface area contributed by atoms with Gasteiger partial charge in [0.1, 0.15) is 0 Å². The smallest absolute Gasteiger partial charge is 0.0714 e. The number of fused-ring (bicyclic) bond motifs is 7. The van der Waals surface area contributed by atoms with Crippen molar-refractivity contribution < 1.29 is 0 Å². The highest BCUT2D eigenvalue weighted by Crippen LogP contribution is 2.60. The standard InChI is InChI=1S/C61H41N/c1-3-21-47(22-4-1)61(48-23-5-2-6-24-48)56-30-15-13-29-54(56)60-57(61)31-17-33-59(60)62(58-32-16-14-26-51(58)46-35-34-42-18-7-8-19-44(42)40-46)49-38-36-43(37-39-49)55-41-45-20-9-10-25-50(45)52-27-11-12-28-53(52)55/h1-41H. The van der Waals surface area contributed by atoms with Gasteiger partial charge in [0.05, 0.1) is 16.8 Å². The molecule has 11 aromatic rings. The van der Waals surface area contributed by atoms with Crippen molar-refractivity contribution in [3.8, 4) is 33.4 Å². The van der Waals surface area contributed by atoms with Crippen LogP contribution in [-0.2, 0) is 5.41 Å². The number of nitrogens with zero attached hydrogens (tertiary/aromatic N) is 1. The third-order valence-corrected chi connectivity index (χ3v) is 13.1. The summed E-state index contributed by atoms with van der Waals surface area (Å²) in [5, 5.41) is 7.51. The molecule has 62 heavy (non-hydrogen) atoms. The molecule has 11 aromatic carbocycles. The van der Waals surface area contributed by atoms with Crippen LogP contribution < -0.4 is 4.90 Å². The highest BCUT2D eigenvalue weighted by Gasteiger charge is 2.47. The molecule has 0 heterocycles. The maximum atomic E-state index is 2.51. The van der Waals surface area contributed by atoms with Crippen molar-refractivity contribution in [1.82, 2.24) is 0 Å². The molecule has 1 nitrogen and oxygen atoms in total. The first-order valence-electron chi connectivity index (χ1n) is 21.5. The van der Waals surface area contributed by atoms with Gasteiger partial charge in [-0.3, -0.25) is 0 Å². The fourth-order valence-electron chi connectivity index (χ4n) is 10.4. The van der Waals surface area contributed by atoms with Gasteiger partial charge in [-0.25, -0.2) is 0 Å². The molecule has 0 N–H and O–H groups in total. The summed E-state index contributed by atoms with van der Waals surface area (Å²) >= 11 is 0. The normalized spacial score (nSPS) is 12.6. The van der Waals surface area contributed by atoms with Gasteiger partial charge in [0, 0.05) is 16.8 Å². The molecule has 0 spiro atoms. The number of anilines is 3. The molecule has 0 radical (unpaired) electrons. The van der Waals surface area contributed by atoms with E-state index in [9.17, 15) is 0 Å². The molecule has 0 fully saturated rings. The second-order valence-electron chi connectivity index (χ2n) is 16.4. The Morgan fingerprint density at radius 1 is 0.290 bits per heavy atom. The van der Waals surface area contributed by atoms with Crippen LogP contribution in [0, 0.1) is 0 Å². The fourth-order valence-corrected chi connectivity index (χ4v) is 10.4. The van der Waals surface area contributed by atoms with E-state index in [1.807, 2.05) is 0 Å². The number of para-hydroxylation sites is 1. The second-order valence-corrected chi connectivity index (χ2v) is 16.4. The molecule has 12 rings (SSSR count). The predicted octanol–water partition coefficient (Wildman–Crippen LogP) is 16.3. The monoisotopic (exact) mass is 787 g/mol. The lowest BCUT2D eigenvalue weighted by Gasteiger charge is -2.34. The first-order valence-corrected chi connectivity index (χ1v) is 21.5. The Bertz CT molecular complexity index is 3420. The van der Waals surface area contributed by atoms with Gasteiger partial charge in [-0.2, -0.15) is 0 Å². The summed E-state index contributed by atoms with van der Waals surface area (Å²) in [7, 11) is 0. The zero-order chi connectivity index (χ0) is 41.0. The second kappa shape index (κ2) is 14.6. The summed E-state index contributed by atoms with van der Waals surface area (Å²) in [5.74, 6) is 0. The van der Waals surface area contributed by atoms with Crippen LogP contribution in [0.1, 0.15) is 22.3 Å². The van der Waals surface area contributed by atoms with Crippen molar-refractivity contribution >= 4 is 49.4 Å². The largest absolute Gasteiger partial charge is 0.309 e. The summed E-state index contributed by atoms with van der Waals surface area (Å²) in [6.07, 6.45) is 0. The minimum absolute atomic E-state index is 0.519. The third kappa shape index (κ3) is 5.56. The van der Waals surface area contributed by atoms with E-state index in [1.54, 1.807) is 0 Å². The maximum absolute atomic E-state index is 2.51. The fraction of sp³-hybridized carbons (Fsp3) is 0.0164. The number of benzene rings is 11. The van der Waals surface area contributed by atoms with Gasteiger partial charge in [-0.15, -0.1) is 0 Å². The minimum atomic E-state index is -0.519. The van der Waals surface area contributed by atoms with E-state index < -0.39 is 5.41 Å². The highest BCUT2D eigenvalue weighted by molar-refractivity contribution is 6.14. The molecule has 0 amide bonds. The van der Waals surface area contributed by atoms with Crippen LogP contribution in [-0.4, -0.2) is 0 Å². The molecule has 0 unspecified atom stereocenters. The quantitative estimate of drug-likeness (QED) is 0.145. The summed E-state index contributed by atoms with van der Waals surface area (Å²) in [6.45, 7) is 0. The van der Waals surface area contributed by atoms with E-state index in [4.69, 9.17) is 0 Å². The highest BCUT2D eigenvalue weighted by atomic mass is 15.1. The van der Waals surface area contributed by atoms with Crippen molar-refractivity contribution in [3.05, 3.63) is 271 Å². The molecule has 1 aliphatic carbocycles. The number of hydrogen-bond acceptors (Lipinski definition) is 1. The number of hydrogen-bond donors (Lipinski definition) is 0. The Morgan fingerprint density at radius 2 is 0.839 bits per heavy atom. The van der Waals surface area contributed by atoms with Crippen molar-refractivity contribution in [3.63, 3.8) is 0 Å². The molecule has 0 atom stereocenters. The van der Waals surface area contributed by atoms with Crippen LogP contribution in [0.3, 0.4) is 0 Å². The van der Waals surface area contributed by atoms with Crippen LogP contribution >= 0.6 is 0 Å². The SMILES string of the molecule is c1ccc(C2(c3ccccc3)c3ccccc3-c3c(N(c4ccc(-c5cc6ccccc6c6ccccc56)cc4)c4ccccc4-c4ccc5ccccc5c4)cccc32)cc1. The summed E-state index contributed by atoms with van der Waals surface area (Å²) in [4.78, 5) is 2.51. The zero-order valence-corrected chi connectivity index (χ0v) is 34.1. The van der Waals surface area contributed by atoms with Gasteiger partial charge >= 0.3 is 0 Å². The average Bonchev–Trinajstić information content (AvgIpc) is 3.66. The van der Waals surface area contributed by atoms with E-state index in [-0.39, 0.29) is 0 Å². The molecular weight excluding hydrogens is 747 g/mol. The molecule has 0 aliphatic heterocycles. The molecule has 290 valence electrons. The Balaban J connectivity index is 1.12. The lowest BCUT2D eigenvalue weighted by molar-refractivity contribution is 0.768. The van der Waals surface area contributed by atoms with Crippen LogP contribution in [0.4, 0.5) is 17.1 Å². The lowest BCUT2D eigenvalue weighted by atomic mass is 9.68. The minimum Gasteiger partial charge on any atom is -0.309 e. The summed E-state index contributed by atoms with van der Waals surface area (Å²) in [5.41, 5.74) is 15.2. The first-order chi connectivity index (χ1) is 30.8. The summed E-state index contributed by atoms with van der Waals surface area (Å²) < 4.78 is 0. The Kier molecular flexibility index (Phi) is 8.47. The molecule has 1 heteroatoms. The zero-order valence-electron chi connectivity index (χ0n) is 34.1. The number of rotatable bonds is 7. The van der Waals surface area contributed by atoms with Gasteiger partial charge in [0.2, 0.25) is 0 Å². The molecule has 0 aromatic heterocycles. The van der Waals surface area contributed by atoms with Crippen LogP contribution in [0.2, 0.25) is 0 Å². The van der Waals surface area contributed by atoms with Crippen molar-refractivity contribution in [2.24, 2.45) is 0 Å². The van der Waals surface area contributed by atoms with Crippen LogP contribution in [0.15, 0.2) is 249 Å². The third-order valence-electron chi connectivity index (χ3n) is 13.1. The lowest BCUT2D eigenvalue weighted by Crippen LogP contribution is -2.28. The van der Waals surface area contributed by atoms with E-state index in [0.29, 0.717) is 0 Å². The molecular formula is C61H41N. The van der Waals surface area contributed by atoms with Crippen LogP contribution in [0.5, 0.6) is 0 Å². The van der Waals surface area contributed by atoms with Gasteiger partial charge in [0.15, 0.2) is 0 Å². The van der Waals surface area contributed by atoms with Gasteiger partial charge in [0.25, 0.3) is 0 Å². The molecule has 0 saturated heterocycles. The molecule has 0 saturated carbocycles. The van der Waals surface area contributed by atoms with E-state index in [1.165, 1.54) is 88.0 Å². The Labute approximate surface area is 362 Å². The van der Waals surface area contributed by atoms with E-state index in [0.717, 1.165) is 17.1 Å². The van der Waals surface area contributed by atoms with Crippen molar-refractivity contribution in [2.75, 3.05) is 4.90 Å². The predicted molar refractivity (Wildman–Crippen MR) is 262 cm³/mol. The average molecular weight is 788 g/mol. The first kappa shape index (κ1) is 35.9. The van der Waals surface area contributed by atoms with E-state index >= 15 is 0 Å². The van der Waals surface area contributed by atoms with Crippen molar-refractivity contribution in [1.29, 1.82) is 0 Å². The van der Waals surface area contributed by atoms with Gasteiger partial charge in [-0.05, 0) is 113 Å². The van der Waals surface area contributed by atoms with Crippen molar-refractivity contribution in [2.45, 2.75) is 5.41 Å². The van der Waals surface area contributed by atoms with Crippen LogP contribution in [0.25, 0.3) is 65.7 Å². The molecule has 0 bridgehead atoms. The van der Waals surface area contributed by atoms with Gasteiger partial charge in [-0.1, -0.05) is 212 Å². The van der Waals surface area contributed by atoms with Gasteiger partial charge < -0.3 is 4.90 Å². The Morgan fingerprint density at radius 3 is 1.60 bits per heavy atom. The maximum Gasteiger partial charge on any atom is 0.0714 e. The van der Waals surface area contributed by atoms with E-state index in [2.05, 4.69) is 254 Å². The summed E-state index contributed by atoms with van der Waals surface area (Å²) in [6, 6.07) is 91.7. The Hall–Kier alpha value is -8.00. The topological polar surface area (TPSA) is 3.24 Å².